The van der Waals surface area contributed by atoms with Gasteiger partial charge in [-0.15, -0.1) is 0 Å². The number of ether oxygens (including phenoxy) is 2. The predicted octanol–water partition coefficient (Wildman–Crippen LogP) is 5.51. The molecular weight excluding hydrogens is 424 g/mol. The molecule has 1 saturated carbocycles. The summed E-state index contributed by atoms with van der Waals surface area (Å²) in [6.45, 7) is 4.79. The number of carbonyl (C=O) groups is 1. The van der Waals surface area contributed by atoms with Crippen LogP contribution in [0.4, 0.5) is 0 Å². The summed E-state index contributed by atoms with van der Waals surface area (Å²) in [6, 6.07) is 18.2. The number of carbonyl (C=O) groups excluding carboxylic acids is 1. The Labute approximate surface area is 205 Å². The molecule has 0 bridgehead atoms. The van der Waals surface area contributed by atoms with Crippen molar-refractivity contribution in [3.05, 3.63) is 71.3 Å². The van der Waals surface area contributed by atoms with E-state index >= 15 is 0 Å². The predicted molar refractivity (Wildman–Crippen MR) is 138 cm³/mol. The normalized spacial score (nSPS) is 16.2. The first-order valence-corrected chi connectivity index (χ1v) is 13.0. The number of hydrogen-bond donors (Lipinski definition) is 2. The Morgan fingerprint density at radius 2 is 1.76 bits per heavy atom. The monoisotopic (exact) mass is 466 g/mol. The van der Waals surface area contributed by atoms with Crippen molar-refractivity contribution in [1.29, 1.82) is 0 Å². The fraction of sp³-hybridized carbons (Fsp3) is 0.552. The third kappa shape index (κ3) is 8.53. The van der Waals surface area contributed by atoms with Crippen LogP contribution in [0.15, 0.2) is 54.6 Å². The van der Waals surface area contributed by atoms with Gasteiger partial charge in [0, 0.05) is 31.4 Å². The van der Waals surface area contributed by atoms with Gasteiger partial charge in [0.25, 0.3) is 5.91 Å². The van der Waals surface area contributed by atoms with Gasteiger partial charge in [-0.05, 0) is 56.0 Å². The lowest BCUT2D eigenvalue weighted by Crippen LogP contribution is -2.42. The largest absolute Gasteiger partial charge is 0.382 e. The molecule has 1 fully saturated rings. The molecule has 34 heavy (non-hydrogen) atoms. The van der Waals surface area contributed by atoms with Gasteiger partial charge in [0.1, 0.15) is 6.10 Å². The molecule has 2 atom stereocenters. The highest BCUT2D eigenvalue weighted by Gasteiger charge is 2.22. The van der Waals surface area contributed by atoms with Gasteiger partial charge in [-0.25, -0.2) is 0 Å². The average Bonchev–Trinajstić information content (AvgIpc) is 2.87. The molecule has 0 saturated heterocycles. The van der Waals surface area contributed by atoms with E-state index in [0.29, 0.717) is 31.3 Å². The molecule has 0 unspecified atom stereocenters. The minimum absolute atomic E-state index is 0.0129. The maximum atomic E-state index is 13.2. The summed E-state index contributed by atoms with van der Waals surface area (Å²) >= 11 is 0. The van der Waals surface area contributed by atoms with Crippen molar-refractivity contribution in [3.63, 3.8) is 0 Å². The minimum Gasteiger partial charge on any atom is -0.382 e. The van der Waals surface area contributed by atoms with Crippen LogP contribution in [-0.2, 0) is 9.47 Å². The summed E-state index contributed by atoms with van der Waals surface area (Å²) < 4.78 is 11.7. The number of nitrogens with one attached hydrogen (secondary N) is 2. The second-order valence-corrected chi connectivity index (χ2v) is 9.31. The molecule has 1 aliphatic carbocycles. The van der Waals surface area contributed by atoms with Gasteiger partial charge in [0.15, 0.2) is 0 Å². The molecule has 0 radical (unpaired) electrons. The number of hydrogen-bond acceptors (Lipinski definition) is 4. The third-order valence-electron chi connectivity index (χ3n) is 6.60. The highest BCUT2D eigenvalue weighted by Crippen LogP contribution is 2.28. The van der Waals surface area contributed by atoms with Crippen molar-refractivity contribution >= 4 is 5.91 Å². The van der Waals surface area contributed by atoms with E-state index in [1.165, 1.54) is 32.1 Å². The van der Waals surface area contributed by atoms with Crippen LogP contribution in [0.5, 0.6) is 0 Å². The maximum absolute atomic E-state index is 13.2. The van der Waals surface area contributed by atoms with E-state index in [1.54, 1.807) is 0 Å². The Morgan fingerprint density at radius 1 is 1.00 bits per heavy atom. The molecule has 0 aromatic heterocycles. The highest BCUT2D eigenvalue weighted by molar-refractivity contribution is 5.94. The topological polar surface area (TPSA) is 59.6 Å². The van der Waals surface area contributed by atoms with E-state index < -0.39 is 0 Å². The zero-order valence-electron chi connectivity index (χ0n) is 20.9. The van der Waals surface area contributed by atoms with Gasteiger partial charge < -0.3 is 20.1 Å². The number of benzene rings is 2. The summed E-state index contributed by atoms with van der Waals surface area (Å²) in [4.78, 5) is 13.2. The molecule has 2 aromatic rings. The molecule has 2 N–H and O–H groups in total. The molecule has 0 spiro atoms. The van der Waals surface area contributed by atoms with Crippen molar-refractivity contribution < 1.29 is 14.3 Å². The molecule has 1 amide bonds. The van der Waals surface area contributed by atoms with Crippen LogP contribution in [0.3, 0.4) is 0 Å². The van der Waals surface area contributed by atoms with Gasteiger partial charge in [-0.3, -0.25) is 4.79 Å². The number of likely N-dealkylation sites (N-methyl/N-ethyl adjacent to an activating group) is 1. The van der Waals surface area contributed by atoms with Gasteiger partial charge >= 0.3 is 0 Å². The summed E-state index contributed by atoms with van der Waals surface area (Å²) in [6.07, 6.45) is 8.22. The molecule has 5 heteroatoms. The number of rotatable bonds is 14. The summed E-state index contributed by atoms with van der Waals surface area (Å²) in [5.74, 6) is 0.701. The number of amides is 1. The Kier molecular flexibility index (Phi) is 11.6. The van der Waals surface area contributed by atoms with Crippen molar-refractivity contribution in [2.45, 2.75) is 64.0 Å². The third-order valence-corrected chi connectivity index (χ3v) is 6.60. The van der Waals surface area contributed by atoms with Crippen molar-refractivity contribution in [2.75, 3.05) is 33.4 Å². The molecule has 1 aliphatic rings. The molecule has 5 nitrogen and oxygen atoms in total. The van der Waals surface area contributed by atoms with E-state index in [1.807, 2.05) is 56.4 Å². The molecule has 2 aromatic carbocycles. The van der Waals surface area contributed by atoms with Crippen molar-refractivity contribution in [3.8, 4) is 0 Å². The van der Waals surface area contributed by atoms with E-state index in [4.69, 9.17) is 9.47 Å². The first-order chi connectivity index (χ1) is 16.7. The summed E-state index contributed by atoms with van der Waals surface area (Å²) in [5, 5.41) is 6.55. The molecule has 0 heterocycles. The highest BCUT2D eigenvalue weighted by atomic mass is 16.5. The summed E-state index contributed by atoms with van der Waals surface area (Å²) in [5.41, 5.74) is 2.76. The van der Waals surface area contributed by atoms with Gasteiger partial charge in [0.2, 0.25) is 0 Å². The quantitative estimate of drug-likeness (QED) is 0.361. The summed E-state index contributed by atoms with van der Waals surface area (Å²) in [7, 11) is 1.95. The fourth-order valence-electron chi connectivity index (χ4n) is 4.90. The Balaban J connectivity index is 1.69. The van der Waals surface area contributed by atoms with E-state index in [0.717, 1.165) is 30.5 Å². The minimum atomic E-state index is -0.217. The zero-order chi connectivity index (χ0) is 24.0. The Hall–Kier alpha value is -2.21. The van der Waals surface area contributed by atoms with Crippen molar-refractivity contribution in [2.24, 2.45) is 5.92 Å². The van der Waals surface area contributed by atoms with Crippen LogP contribution in [0.25, 0.3) is 0 Å². The first-order valence-electron chi connectivity index (χ1n) is 13.0. The van der Waals surface area contributed by atoms with E-state index in [9.17, 15) is 4.79 Å². The lowest BCUT2D eigenvalue weighted by atomic mass is 9.84. The molecule has 3 rings (SSSR count). The van der Waals surface area contributed by atoms with Crippen molar-refractivity contribution in [1.82, 2.24) is 10.6 Å². The SMILES string of the molecule is CCOCCCO[C@@H](c1ccccc1)c1cccc(C(=O)N[C@H](CNC)CC2CCCCC2)c1. The van der Waals surface area contributed by atoms with E-state index in [-0.39, 0.29) is 18.1 Å². The maximum Gasteiger partial charge on any atom is 0.251 e. The average molecular weight is 467 g/mol. The Bertz CT molecular complexity index is 836. The van der Waals surface area contributed by atoms with Crippen LogP contribution >= 0.6 is 0 Å². The molecule has 0 aliphatic heterocycles. The fourth-order valence-corrected chi connectivity index (χ4v) is 4.90. The van der Waals surface area contributed by atoms with Gasteiger partial charge in [0.05, 0.1) is 6.61 Å². The van der Waals surface area contributed by atoms with Crippen LogP contribution in [0, 0.1) is 5.92 Å². The van der Waals surface area contributed by atoms with Gasteiger partial charge in [-0.2, -0.15) is 0 Å². The first kappa shape index (κ1) is 26.4. The second-order valence-electron chi connectivity index (χ2n) is 9.31. The standard InChI is InChI=1S/C29H42N2O3/c1-3-33-18-11-19-34-28(24-14-8-5-9-15-24)25-16-10-17-26(21-25)29(32)31-27(22-30-2)20-23-12-6-4-7-13-23/h5,8-10,14-17,21,23,27-28,30H,3-4,6-7,11-13,18-20,22H2,1-2H3,(H,31,32)/t27-,28-/m0/s1. The lowest BCUT2D eigenvalue weighted by molar-refractivity contribution is 0.0544. The van der Waals surface area contributed by atoms with Crippen LogP contribution in [-0.4, -0.2) is 45.4 Å². The molecule has 186 valence electrons. The van der Waals surface area contributed by atoms with Crippen LogP contribution in [0.1, 0.15) is 79.5 Å². The lowest BCUT2D eigenvalue weighted by Gasteiger charge is -2.27. The van der Waals surface area contributed by atoms with Gasteiger partial charge in [-0.1, -0.05) is 74.6 Å². The Morgan fingerprint density at radius 3 is 2.50 bits per heavy atom. The van der Waals surface area contributed by atoms with E-state index in [2.05, 4.69) is 22.8 Å². The van der Waals surface area contributed by atoms with Crippen LogP contribution < -0.4 is 10.6 Å². The second kappa shape index (κ2) is 14.9. The van der Waals surface area contributed by atoms with Crippen LogP contribution in [0.2, 0.25) is 0 Å². The smallest absolute Gasteiger partial charge is 0.251 e. The zero-order valence-corrected chi connectivity index (χ0v) is 20.9. The molecular formula is C29H42N2O3.